The zero-order chi connectivity index (χ0) is 26.4. The van der Waals surface area contributed by atoms with Crippen molar-refractivity contribution < 1.29 is 8.42 Å². The van der Waals surface area contributed by atoms with Gasteiger partial charge < -0.3 is 4.57 Å². The summed E-state index contributed by atoms with van der Waals surface area (Å²) in [6, 6.07) is 16.5. The Bertz CT molecular complexity index is 1540. The number of piperidine rings is 1. The van der Waals surface area contributed by atoms with E-state index in [1.807, 2.05) is 49.8 Å². The van der Waals surface area contributed by atoms with Crippen molar-refractivity contribution in [2.24, 2.45) is 0 Å². The minimum atomic E-state index is -3.69. The minimum absolute atomic E-state index is 0.330. The Morgan fingerprint density at radius 2 is 1.84 bits per heavy atom. The normalized spacial score (nSPS) is 22.1. The maximum Gasteiger partial charge on any atom is 0.268 e. The van der Waals surface area contributed by atoms with Crippen molar-refractivity contribution in [3.63, 3.8) is 0 Å². The monoisotopic (exact) mass is 531 g/mol. The molecule has 4 heterocycles. The zero-order valence-electron chi connectivity index (χ0n) is 22.5. The highest BCUT2D eigenvalue weighted by Crippen LogP contribution is 2.47. The average Bonchev–Trinajstić information content (AvgIpc) is 3.58. The maximum atomic E-state index is 13.7. The molecule has 2 aromatic heterocycles. The van der Waals surface area contributed by atoms with Crippen LogP contribution < -0.4 is 0 Å². The molecule has 7 nitrogen and oxygen atoms in total. The molecule has 38 heavy (non-hydrogen) atoms. The molecule has 3 unspecified atom stereocenters. The molecule has 2 fully saturated rings. The van der Waals surface area contributed by atoms with Crippen molar-refractivity contribution in [3.05, 3.63) is 78.0 Å². The van der Waals surface area contributed by atoms with E-state index >= 15 is 0 Å². The molecule has 0 radical (unpaired) electrons. The Kier molecular flexibility index (Phi) is 6.64. The molecule has 200 valence electrons. The summed E-state index contributed by atoms with van der Waals surface area (Å²) in [7, 11) is -3.69. The number of fused-ring (bicyclic) bond motifs is 3. The van der Waals surface area contributed by atoms with Gasteiger partial charge in [0.05, 0.1) is 10.4 Å². The molecular formula is C30H37N5O2S. The van der Waals surface area contributed by atoms with Gasteiger partial charge in [0.2, 0.25) is 0 Å². The van der Waals surface area contributed by atoms with E-state index in [2.05, 4.69) is 39.6 Å². The SMILES string of the molecule is Cc1ccc(S(=O)(=O)n2cc(C3CC4CCCC3N4CCCc3nncn3C(C)C)c3ccccc32)cc1. The van der Waals surface area contributed by atoms with Crippen LogP contribution in [0.1, 0.15) is 74.9 Å². The van der Waals surface area contributed by atoms with Gasteiger partial charge in [-0.05, 0) is 76.8 Å². The van der Waals surface area contributed by atoms with E-state index in [4.69, 9.17) is 0 Å². The predicted molar refractivity (Wildman–Crippen MR) is 150 cm³/mol. The number of para-hydroxylation sites is 1. The lowest BCUT2D eigenvalue weighted by molar-refractivity contribution is 0.134. The average molecular weight is 532 g/mol. The van der Waals surface area contributed by atoms with Crippen LogP contribution in [-0.2, 0) is 16.4 Å². The van der Waals surface area contributed by atoms with Crippen molar-refractivity contribution in [1.29, 1.82) is 0 Å². The lowest BCUT2D eigenvalue weighted by Crippen LogP contribution is -2.41. The molecule has 4 aromatic rings. The van der Waals surface area contributed by atoms with Gasteiger partial charge in [-0.3, -0.25) is 4.90 Å². The van der Waals surface area contributed by atoms with Crippen LogP contribution in [0.5, 0.6) is 0 Å². The van der Waals surface area contributed by atoms with Crippen LogP contribution in [0.3, 0.4) is 0 Å². The first-order chi connectivity index (χ1) is 18.3. The second-order valence-corrected chi connectivity index (χ2v) is 13.1. The van der Waals surface area contributed by atoms with Crippen LogP contribution in [0.4, 0.5) is 0 Å². The van der Waals surface area contributed by atoms with E-state index in [0.29, 0.717) is 28.9 Å². The summed E-state index contributed by atoms with van der Waals surface area (Å²) in [5.41, 5.74) is 2.99. The summed E-state index contributed by atoms with van der Waals surface area (Å²) in [5.74, 6) is 1.39. The van der Waals surface area contributed by atoms with Crippen LogP contribution in [0.15, 0.2) is 66.0 Å². The van der Waals surface area contributed by atoms with E-state index in [1.54, 1.807) is 12.1 Å². The van der Waals surface area contributed by atoms with E-state index in [1.165, 1.54) is 22.4 Å². The zero-order valence-corrected chi connectivity index (χ0v) is 23.3. The first-order valence-corrected chi connectivity index (χ1v) is 15.3. The predicted octanol–water partition coefficient (Wildman–Crippen LogP) is 5.70. The third-order valence-corrected chi connectivity index (χ3v) is 10.3. The van der Waals surface area contributed by atoms with Crippen LogP contribution in [-0.4, -0.2) is 50.7 Å². The summed E-state index contributed by atoms with van der Waals surface area (Å²) in [5, 5.41) is 9.55. The minimum Gasteiger partial charge on any atom is -0.315 e. The molecule has 2 aliphatic rings. The quantitative estimate of drug-likeness (QED) is 0.292. The number of aryl methyl sites for hydroxylation is 2. The van der Waals surface area contributed by atoms with Gasteiger partial charge in [0.15, 0.2) is 0 Å². The van der Waals surface area contributed by atoms with Crippen molar-refractivity contribution in [2.75, 3.05) is 6.54 Å². The molecule has 2 bridgehead atoms. The number of nitrogens with zero attached hydrogens (tertiary/aromatic N) is 5. The Hall–Kier alpha value is -2.97. The largest absolute Gasteiger partial charge is 0.315 e. The van der Waals surface area contributed by atoms with E-state index < -0.39 is 10.0 Å². The van der Waals surface area contributed by atoms with Crippen molar-refractivity contribution in [1.82, 2.24) is 23.6 Å². The van der Waals surface area contributed by atoms with Crippen LogP contribution in [0.2, 0.25) is 0 Å². The van der Waals surface area contributed by atoms with Gasteiger partial charge in [-0.1, -0.05) is 42.3 Å². The Morgan fingerprint density at radius 3 is 2.63 bits per heavy atom. The first-order valence-electron chi connectivity index (χ1n) is 13.9. The van der Waals surface area contributed by atoms with Gasteiger partial charge in [-0.15, -0.1) is 10.2 Å². The lowest BCUT2D eigenvalue weighted by atomic mass is 9.90. The van der Waals surface area contributed by atoms with E-state index in [-0.39, 0.29) is 0 Å². The van der Waals surface area contributed by atoms with Gasteiger partial charge in [0.1, 0.15) is 12.2 Å². The summed E-state index contributed by atoms with van der Waals surface area (Å²) < 4.78 is 31.2. The number of rotatable bonds is 8. The summed E-state index contributed by atoms with van der Waals surface area (Å²) >= 11 is 0. The van der Waals surface area contributed by atoms with Crippen LogP contribution in [0, 0.1) is 6.92 Å². The van der Waals surface area contributed by atoms with Crippen molar-refractivity contribution in [2.45, 2.75) is 88.2 Å². The number of hydrogen-bond acceptors (Lipinski definition) is 5. The van der Waals surface area contributed by atoms with Crippen LogP contribution >= 0.6 is 0 Å². The first kappa shape index (κ1) is 25.3. The molecule has 0 amide bonds. The molecule has 0 saturated carbocycles. The number of benzene rings is 2. The summed E-state index contributed by atoms with van der Waals surface area (Å²) in [6.07, 6.45) is 10.4. The van der Waals surface area contributed by atoms with Gasteiger partial charge in [0.25, 0.3) is 10.0 Å². The Balaban J connectivity index is 1.29. The van der Waals surface area contributed by atoms with E-state index in [0.717, 1.165) is 54.5 Å². The van der Waals surface area contributed by atoms with Gasteiger partial charge in [0, 0.05) is 42.0 Å². The Morgan fingerprint density at radius 1 is 1.05 bits per heavy atom. The standard InChI is InChI=1S/C30H37N5O2S/c1-21(2)34-20-31-32-30(34)12-7-17-33-23-8-6-11-28(33)26(18-23)27-19-35(29-10-5-4-9-25(27)29)38(36,37)24-15-13-22(3)14-16-24/h4-5,9-10,13-16,19-21,23,26,28H,6-8,11-12,17-18H2,1-3H3. The molecule has 0 aliphatic carbocycles. The fourth-order valence-electron chi connectivity index (χ4n) is 6.77. The molecule has 2 aromatic carbocycles. The fraction of sp³-hybridized carbons (Fsp3) is 0.467. The molecule has 0 N–H and O–H groups in total. The van der Waals surface area contributed by atoms with Gasteiger partial charge >= 0.3 is 0 Å². The molecule has 2 aliphatic heterocycles. The van der Waals surface area contributed by atoms with Crippen LogP contribution in [0.25, 0.3) is 10.9 Å². The van der Waals surface area contributed by atoms with Gasteiger partial charge in [-0.25, -0.2) is 12.4 Å². The van der Waals surface area contributed by atoms with Crippen molar-refractivity contribution >= 4 is 20.9 Å². The third kappa shape index (κ3) is 4.37. The summed E-state index contributed by atoms with van der Waals surface area (Å²) in [6.45, 7) is 7.34. The maximum absolute atomic E-state index is 13.7. The highest BCUT2D eigenvalue weighted by molar-refractivity contribution is 7.90. The van der Waals surface area contributed by atoms with E-state index in [9.17, 15) is 8.42 Å². The molecular weight excluding hydrogens is 494 g/mol. The molecule has 0 spiro atoms. The topological polar surface area (TPSA) is 73.0 Å². The lowest BCUT2D eigenvalue weighted by Gasteiger charge is -2.35. The Labute approximate surface area is 225 Å². The number of aromatic nitrogens is 4. The molecule has 2 saturated heterocycles. The second kappa shape index (κ2) is 9.97. The molecule has 6 rings (SSSR count). The van der Waals surface area contributed by atoms with Crippen molar-refractivity contribution in [3.8, 4) is 0 Å². The third-order valence-electron chi connectivity index (χ3n) is 8.63. The fourth-order valence-corrected chi connectivity index (χ4v) is 8.15. The number of hydrogen-bond donors (Lipinski definition) is 0. The van der Waals surface area contributed by atoms with Gasteiger partial charge in [-0.2, -0.15) is 0 Å². The summed E-state index contributed by atoms with van der Waals surface area (Å²) in [4.78, 5) is 3.04. The molecule has 8 heteroatoms. The highest BCUT2D eigenvalue weighted by Gasteiger charge is 2.44. The second-order valence-electron chi connectivity index (χ2n) is 11.3. The molecule has 3 atom stereocenters. The smallest absolute Gasteiger partial charge is 0.268 e. The highest BCUT2D eigenvalue weighted by atomic mass is 32.2.